The van der Waals surface area contributed by atoms with Crippen molar-refractivity contribution in [2.75, 3.05) is 19.8 Å². The Labute approximate surface area is 368 Å². The van der Waals surface area contributed by atoms with Crippen LogP contribution in [0, 0.1) is 5.92 Å². The number of unbranched alkanes of at least 4 members (excludes halogenated alkanes) is 26. The highest BCUT2D eigenvalue weighted by atomic mass is 16.5. The average molecular weight is 834 g/mol. The summed E-state index contributed by atoms with van der Waals surface area (Å²) in [5, 5.41) is 0. The summed E-state index contributed by atoms with van der Waals surface area (Å²) in [6, 6.07) is 0.348. The minimum atomic E-state index is -0.0228. The van der Waals surface area contributed by atoms with Gasteiger partial charge in [0.25, 0.3) is 0 Å². The summed E-state index contributed by atoms with van der Waals surface area (Å²) in [6.07, 6.45) is 45.8. The summed E-state index contributed by atoms with van der Waals surface area (Å²) in [7, 11) is 0. The molecule has 6 heteroatoms. The Morgan fingerprint density at radius 1 is 0.373 bits per heavy atom. The normalized spacial score (nSPS) is 12.4. The summed E-state index contributed by atoms with van der Waals surface area (Å²) in [5.41, 5.74) is 0. The maximum atomic E-state index is 13.6. The van der Waals surface area contributed by atoms with Gasteiger partial charge in [-0.1, -0.05) is 214 Å². The summed E-state index contributed by atoms with van der Waals surface area (Å²) < 4.78 is 11.3. The van der Waals surface area contributed by atoms with E-state index in [4.69, 9.17) is 9.47 Å². The third kappa shape index (κ3) is 39.0. The van der Waals surface area contributed by atoms with E-state index in [0.29, 0.717) is 50.3 Å². The zero-order chi connectivity index (χ0) is 43.3. The molecule has 59 heavy (non-hydrogen) atoms. The molecule has 0 heterocycles. The maximum Gasteiger partial charge on any atom is 0.305 e. The van der Waals surface area contributed by atoms with Crippen LogP contribution < -0.4 is 0 Å². The van der Waals surface area contributed by atoms with Crippen LogP contribution >= 0.6 is 0 Å². The first-order chi connectivity index (χ1) is 28.9. The van der Waals surface area contributed by atoms with Gasteiger partial charge < -0.3 is 14.4 Å². The maximum absolute atomic E-state index is 13.6. The number of amides is 1. The van der Waals surface area contributed by atoms with Gasteiger partial charge in [-0.15, -0.1) is 0 Å². The standard InChI is InChI=1S/C53H103NO5/c1-6-11-15-18-24-30-38-47-58-52(56)44-36-28-22-20-25-33-41-50(54(46-10-5)51(55)43-35-27-19-16-12-7-2)42-34-26-21-23-29-37-45-53(57)59-48-49(39-31-14-9-4)40-32-17-13-8-3/h49-50H,6-48H2,1-5H3. The molecule has 0 bridgehead atoms. The van der Waals surface area contributed by atoms with E-state index in [-0.39, 0.29) is 11.9 Å². The summed E-state index contributed by atoms with van der Waals surface area (Å²) in [4.78, 5) is 40.6. The fraction of sp³-hybridized carbons (Fsp3) is 0.943. The van der Waals surface area contributed by atoms with E-state index in [1.165, 1.54) is 180 Å². The molecule has 0 saturated carbocycles. The molecule has 0 radical (unpaired) electrons. The summed E-state index contributed by atoms with van der Waals surface area (Å²) >= 11 is 0. The number of carbonyl (C=O) groups is 3. The molecule has 2 unspecified atom stereocenters. The number of rotatable bonds is 47. The first kappa shape index (κ1) is 57.4. The SMILES string of the molecule is CCCCCCCCCOC(=O)CCCCCCCCC(CCCCCCCCC(=O)OCC(CCCCC)CCCCCC)N(CCC)C(=O)CCCCCCCC. The van der Waals surface area contributed by atoms with Gasteiger partial charge in [0, 0.05) is 31.8 Å². The molecule has 2 atom stereocenters. The van der Waals surface area contributed by atoms with Gasteiger partial charge >= 0.3 is 11.9 Å². The number of nitrogens with zero attached hydrogens (tertiary/aromatic N) is 1. The highest BCUT2D eigenvalue weighted by Crippen LogP contribution is 2.23. The highest BCUT2D eigenvalue weighted by Gasteiger charge is 2.22. The molecule has 0 aromatic heterocycles. The molecule has 0 spiro atoms. The van der Waals surface area contributed by atoms with E-state index in [1.807, 2.05) is 0 Å². The zero-order valence-corrected chi connectivity index (χ0v) is 40.5. The minimum Gasteiger partial charge on any atom is -0.466 e. The molecule has 0 aromatic carbocycles. The molecule has 0 aliphatic rings. The molecule has 0 aromatic rings. The van der Waals surface area contributed by atoms with Crippen LogP contribution in [0.25, 0.3) is 0 Å². The average Bonchev–Trinajstić information content (AvgIpc) is 3.23. The van der Waals surface area contributed by atoms with E-state index < -0.39 is 0 Å². The lowest BCUT2D eigenvalue weighted by atomic mass is 9.95. The second-order valence-electron chi connectivity index (χ2n) is 18.3. The van der Waals surface area contributed by atoms with E-state index in [9.17, 15) is 14.4 Å². The minimum absolute atomic E-state index is 0.00224. The van der Waals surface area contributed by atoms with Crippen LogP contribution in [0.1, 0.15) is 291 Å². The Balaban J connectivity index is 4.60. The van der Waals surface area contributed by atoms with Crippen molar-refractivity contribution in [1.29, 1.82) is 0 Å². The quantitative estimate of drug-likeness (QED) is 0.0451. The number of ether oxygens (including phenoxy) is 2. The van der Waals surface area contributed by atoms with Gasteiger partial charge in [-0.3, -0.25) is 14.4 Å². The predicted molar refractivity (Wildman–Crippen MR) is 254 cm³/mol. The molecule has 0 aliphatic heterocycles. The fourth-order valence-electron chi connectivity index (χ4n) is 8.57. The fourth-order valence-corrected chi connectivity index (χ4v) is 8.57. The van der Waals surface area contributed by atoms with Gasteiger partial charge in [-0.05, 0) is 63.7 Å². The lowest BCUT2D eigenvalue weighted by Gasteiger charge is -2.32. The Bertz CT molecular complexity index is 908. The Hall–Kier alpha value is -1.59. The molecule has 0 aliphatic carbocycles. The van der Waals surface area contributed by atoms with Crippen molar-refractivity contribution < 1.29 is 23.9 Å². The smallest absolute Gasteiger partial charge is 0.305 e. The lowest BCUT2D eigenvalue weighted by Crippen LogP contribution is -2.41. The van der Waals surface area contributed by atoms with Gasteiger partial charge in [-0.2, -0.15) is 0 Å². The van der Waals surface area contributed by atoms with Crippen molar-refractivity contribution in [2.45, 2.75) is 297 Å². The lowest BCUT2D eigenvalue weighted by molar-refractivity contribution is -0.145. The summed E-state index contributed by atoms with van der Waals surface area (Å²) in [6.45, 7) is 13.3. The first-order valence-electron chi connectivity index (χ1n) is 26.5. The third-order valence-corrected chi connectivity index (χ3v) is 12.5. The number of hydrogen-bond acceptors (Lipinski definition) is 5. The largest absolute Gasteiger partial charge is 0.466 e. The van der Waals surface area contributed by atoms with Crippen LogP contribution in [0.3, 0.4) is 0 Å². The van der Waals surface area contributed by atoms with Crippen molar-refractivity contribution >= 4 is 17.8 Å². The summed E-state index contributed by atoms with van der Waals surface area (Å²) in [5.74, 6) is 0.882. The van der Waals surface area contributed by atoms with Crippen LogP contribution in [0.2, 0.25) is 0 Å². The highest BCUT2D eigenvalue weighted by molar-refractivity contribution is 5.76. The van der Waals surface area contributed by atoms with Crippen molar-refractivity contribution in [1.82, 2.24) is 4.90 Å². The number of carbonyl (C=O) groups excluding carboxylic acids is 3. The monoisotopic (exact) mass is 834 g/mol. The molecule has 0 N–H and O–H groups in total. The van der Waals surface area contributed by atoms with Crippen molar-refractivity contribution in [3.05, 3.63) is 0 Å². The first-order valence-corrected chi connectivity index (χ1v) is 26.5. The van der Waals surface area contributed by atoms with Crippen LogP contribution in [0.15, 0.2) is 0 Å². The molecular weight excluding hydrogens is 731 g/mol. The topological polar surface area (TPSA) is 72.9 Å². The molecule has 0 rings (SSSR count). The van der Waals surface area contributed by atoms with E-state index in [2.05, 4.69) is 39.5 Å². The number of esters is 2. The van der Waals surface area contributed by atoms with Gasteiger partial charge in [0.1, 0.15) is 0 Å². The van der Waals surface area contributed by atoms with E-state index in [0.717, 1.165) is 64.3 Å². The third-order valence-electron chi connectivity index (χ3n) is 12.5. The van der Waals surface area contributed by atoms with Crippen LogP contribution in [-0.4, -0.2) is 48.5 Å². The van der Waals surface area contributed by atoms with E-state index >= 15 is 0 Å². The van der Waals surface area contributed by atoms with Gasteiger partial charge in [-0.25, -0.2) is 0 Å². The van der Waals surface area contributed by atoms with Crippen molar-refractivity contribution in [2.24, 2.45) is 5.92 Å². The molecule has 0 saturated heterocycles. The van der Waals surface area contributed by atoms with Crippen molar-refractivity contribution in [3.8, 4) is 0 Å². The van der Waals surface area contributed by atoms with Gasteiger partial charge in [0.05, 0.1) is 13.2 Å². The molecule has 1 amide bonds. The Kier molecular flexibility index (Phi) is 44.7. The van der Waals surface area contributed by atoms with E-state index in [1.54, 1.807) is 0 Å². The molecule has 0 fully saturated rings. The number of hydrogen-bond donors (Lipinski definition) is 0. The second kappa shape index (κ2) is 45.9. The molecular formula is C53H103NO5. The molecule has 6 nitrogen and oxygen atoms in total. The van der Waals surface area contributed by atoms with Crippen LogP contribution in [0.4, 0.5) is 0 Å². The van der Waals surface area contributed by atoms with Gasteiger partial charge in [0.2, 0.25) is 5.91 Å². The van der Waals surface area contributed by atoms with Crippen LogP contribution in [-0.2, 0) is 23.9 Å². The van der Waals surface area contributed by atoms with Crippen molar-refractivity contribution in [3.63, 3.8) is 0 Å². The van der Waals surface area contributed by atoms with Crippen LogP contribution in [0.5, 0.6) is 0 Å². The van der Waals surface area contributed by atoms with Gasteiger partial charge in [0.15, 0.2) is 0 Å². The molecule has 350 valence electrons. The second-order valence-corrected chi connectivity index (χ2v) is 18.3. The Morgan fingerprint density at radius 2 is 0.729 bits per heavy atom. The zero-order valence-electron chi connectivity index (χ0n) is 40.5. The Morgan fingerprint density at radius 3 is 1.22 bits per heavy atom. The predicted octanol–water partition coefficient (Wildman–Crippen LogP) is 16.6.